The van der Waals surface area contributed by atoms with Gasteiger partial charge in [-0.15, -0.1) is 0 Å². The summed E-state index contributed by atoms with van der Waals surface area (Å²) in [4.78, 5) is 2.34. The summed E-state index contributed by atoms with van der Waals surface area (Å²) in [5.41, 5.74) is 14.6. The van der Waals surface area contributed by atoms with E-state index in [1.165, 1.54) is 54.9 Å². The summed E-state index contributed by atoms with van der Waals surface area (Å²) in [5, 5.41) is 7.35. The zero-order valence-electron chi connectivity index (χ0n) is 31.7. The molecule has 58 heavy (non-hydrogen) atoms. The molecule has 0 radical (unpaired) electrons. The molecule has 10 aromatic carbocycles. The molecule has 11 rings (SSSR count). The largest absolute Gasteiger partial charge is 0.456 e. The Bertz CT molecular complexity index is 3230. The number of hydrogen-bond acceptors (Lipinski definition) is 2. The van der Waals surface area contributed by atoms with E-state index in [0.29, 0.717) is 0 Å². The third-order valence-corrected chi connectivity index (χ3v) is 11.5. The third kappa shape index (κ3) is 6.09. The van der Waals surface area contributed by atoms with Gasteiger partial charge in [-0.1, -0.05) is 164 Å². The highest BCUT2D eigenvalue weighted by molar-refractivity contribution is 6.08. The van der Waals surface area contributed by atoms with E-state index in [1.54, 1.807) is 0 Å². The van der Waals surface area contributed by atoms with Crippen LogP contribution in [0.4, 0.5) is 17.1 Å². The Labute approximate surface area is 337 Å². The molecule has 0 atom stereocenters. The lowest BCUT2D eigenvalue weighted by Gasteiger charge is -2.26. The van der Waals surface area contributed by atoms with E-state index in [9.17, 15) is 0 Å². The van der Waals surface area contributed by atoms with Crippen molar-refractivity contribution in [3.63, 3.8) is 0 Å². The van der Waals surface area contributed by atoms with Crippen LogP contribution in [0.3, 0.4) is 0 Å². The Balaban J connectivity index is 0.943. The number of fused-ring (bicyclic) bond motifs is 6. The second kappa shape index (κ2) is 14.1. The van der Waals surface area contributed by atoms with E-state index < -0.39 is 0 Å². The predicted octanol–water partition coefficient (Wildman–Crippen LogP) is 16.0. The molecule has 0 N–H and O–H groups in total. The Hall–Kier alpha value is -7.68. The van der Waals surface area contributed by atoms with Crippen LogP contribution < -0.4 is 4.90 Å². The molecule has 11 aromatic rings. The molecule has 0 saturated heterocycles. The Morgan fingerprint density at radius 1 is 0.241 bits per heavy atom. The zero-order chi connectivity index (χ0) is 38.4. The summed E-state index contributed by atoms with van der Waals surface area (Å²) < 4.78 is 6.12. The fourth-order valence-electron chi connectivity index (χ4n) is 8.44. The van der Waals surface area contributed by atoms with Crippen molar-refractivity contribution in [1.82, 2.24) is 0 Å². The number of nitrogens with zero attached hydrogens (tertiary/aromatic N) is 1. The second-order valence-electron chi connectivity index (χ2n) is 15.0. The maximum absolute atomic E-state index is 6.12. The van der Waals surface area contributed by atoms with Gasteiger partial charge in [0.1, 0.15) is 11.2 Å². The van der Waals surface area contributed by atoms with Gasteiger partial charge in [0.05, 0.1) is 0 Å². The van der Waals surface area contributed by atoms with Crippen LogP contribution in [0, 0.1) is 0 Å². The highest BCUT2D eigenvalue weighted by atomic mass is 16.3. The fourth-order valence-corrected chi connectivity index (χ4v) is 8.44. The van der Waals surface area contributed by atoms with E-state index in [4.69, 9.17) is 4.42 Å². The summed E-state index contributed by atoms with van der Waals surface area (Å²) >= 11 is 0. The van der Waals surface area contributed by atoms with Crippen LogP contribution in [0.15, 0.2) is 229 Å². The van der Waals surface area contributed by atoms with Gasteiger partial charge < -0.3 is 9.32 Å². The van der Waals surface area contributed by atoms with Crippen LogP contribution in [-0.2, 0) is 0 Å². The van der Waals surface area contributed by atoms with Crippen LogP contribution in [0.5, 0.6) is 0 Å². The number of hydrogen-bond donors (Lipinski definition) is 0. The van der Waals surface area contributed by atoms with Crippen LogP contribution >= 0.6 is 0 Å². The standard InChI is InChI=1S/C56H37NO/c1-2-8-38(9-3-1)39-14-16-40(17-15-39)41-20-28-48(29-21-41)57(50-32-24-43(25-33-50)46-27-35-56-54(37-46)53-12-6-7-13-55(53)58-56)49-30-22-42(23-31-49)45-26-34-52-47(36-45)19-18-44-10-4-5-11-51(44)52/h1-37H. The van der Waals surface area contributed by atoms with Gasteiger partial charge >= 0.3 is 0 Å². The SMILES string of the molecule is c1ccc(-c2ccc(-c3ccc(N(c4ccc(-c5ccc6c(ccc7ccccc76)c5)cc4)c4ccc(-c5ccc6oc7ccccc7c6c5)cc4)cc3)cc2)cc1. The minimum atomic E-state index is 0.906. The van der Waals surface area contributed by atoms with Gasteiger partial charge in [0, 0.05) is 27.8 Å². The van der Waals surface area contributed by atoms with Crippen molar-refractivity contribution in [2.45, 2.75) is 0 Å². The van der Waals surface area contributed by atoms with Gasteiger partial charge in [0.25, 0.3) is 0 Å². The van der Waals surface area contributed by atoms with Gasteiger partial charge in [-0.25, -0.2) is 0 Å². The Morgan fingerprint density at radius 3 is 1.29 bits per heavy atom. The van der Waals surface area contributed by atoms with Gasteiger partial charge in [0.15, 0.2) is 0 Å². The van der Waals surface area contributed by atoms with Gasteiger partial charge in [-0.2, -0.15) is 0 Å². The highest BCUT2D eigenvalue weighted by Gasteiger charge is 2.15. The molecule has 0 aliphatic heterocycles. The minimum absolute atomic E-state index is 0.906. The third-order valence-electron chi connectivity index (χ3n) is 11.5. The highest BCUT2D eigenvalue weighted by Crippen LogP contribution is 2.39. The summed E-state index contributed by atoms with van der Waals surface area (Å²) in [5.74, 6) is 0. The number of benzene rings is 10. The lowest BCUT2D eigenvalue weighted by atomic mass is 9.97. The zero-order valence-corrected chi connectivity index (χ0v) is 31.7. The first kappa shape index (κ1) is 33.6. The summed E-state index contributed by atoms with van der Waals surface area (Å²) in [6.45, 7) is 0. The number of para-hydroxylation sites is 1. The summed E-state index contributed by atoms with van der Waals surface area (Å²) in [7, 11) is 0. The minimum Gasteiger partial charge on any atom is -0.456 e. The molecule has 0 aliphatic rings. The molecule has 0 spiro atoms. The molecule has 0 aliphatic carbocycles. The molecule has 0 saturated carbocycles. The summed E-state index contributed by atoms with van der Waals surface area (Å²) in [6, 6.07) is 80.7. The monoisotopic (exact) mass is 739 g/mol. The Kier molecular flexibility index (Phi) is 8.19. The Morgan fingerprint density at radius 2 is 0.655 bits per heavy atom. The number of rotatable bonds is 7. The maximum Gasteiger partial charge on any atom is 0.135 e. The average molecular weight is 740 g/mol. The lowest BCUT2D eigenvalue weighted by molar-refractivity contribution is 0.669. The molecule has 2 heteroatoms. The van der Waals surface area contributed by atoms with Crippen molar-refractivity contribution in [3.8, 4) is 44.5 Å². The molecule has 0 fully saturated rings. The molecule has 272 valence electrons. The van der Waals surface area contributed by atoms with Crippen LogP contribution in [0.25, 0.3) is 88.0 Å². The van der Waals surface area contributed by atoms with Crippen molar-refractivity contribution in [2.75, 3.05) is 4.90 Å². The van der Waals surface area contributed by atoms with Crippen molar-refractivity contribution in [3.05, 3.63) is 224 Å². The maximum atomic E-state index is 6.12. The van der Waals surface area contributed by atoms with Crippen molar-refractivity contribution in [2.24, 2.45) is 0 Å². The van der Waals surface area contributed by atoms with E-state index in [0.717, 1.165) is 50.1 Å². The predicted molar refractivity (Wildman–Crippen MR) is 245 cm³/mol. The molecule has 0 bridgehead atoms. The van der Waals surface area contributed by atoms with Crippen molar-refractivity contribution in [1.29, 1.82) is 0 Å². The molecule has 2 nitrogen and oxygen atoms in total. The first-order valence-corrected chi connectivity index (χ1v) is 19.8. The number of furan rings is 1. The number of anilines is 3. The molecule has 0 unspecified atom stereocenters. The quantitative estimate of drug-likeness (QED) is 0.151. The average Bonchev–Trinajstić information content (AvgIpc) is 3.68. The van der Waals surface area contributed by atoms with Gasteiger partial charge in [-0.05, 0) is 127 Å². The molecule has 0 amide bonds. The van der Waals surface area contributed by atoms with E-state index in [-0.39, 0.29) is 0 Å². The van der Waals surface area contributed by atoms with Crippen LogP contribution in [0.1, 0.15) is 0 Å². The normalized spacial score (nSPS) is 11.4. The van der Waals surface area contributed by atoms with E-state index in [2.05, 4.69) is 217 Å². The van der Waals surface area contributed by atoms with Crippen LogP contribution in [0.2, 0.25) is 0 Å². The summed E-state index contributed by atoms with van der Waals surface area (Å²) in [6.07, 6.45) is 0. The van der Waals surface area contributed by atoms with E-state index >= 15 is 0 Å². The van der Waals surface area contributed by atoms with E-state index in [1.807, 2.05) is 12.1 Å². The lowest BCUT2D eigenvalue weighted by Crippen LogP contribution is -2.09. The van der Waals surface area contributed by atoms with Crippen molar-refractivity contribution < 1.29 is 4.42 Å². The molecule has 1 aromatic heterocycles. The van der Waals surface area contributed by atoms with Gasteiger partial charge in [-0.3, -0.25) is 0 Å². The smallest absolute Gasteiger partial charge is 0.135 e. The van der Waals surface area contributed by atoms with Gasteiger partial charge in [0.2, 0.25) is 0 Å². The van der Waals surface area contributed by atoms with Crippen molar-refractivity contribution >= 4 is 60.5 Å². The fraction of sp³-hybridized carbons (Fsp3) is 0. The molecular weight excluding hydrogens is 703 g/mol. The first-order chi connectivity index (χ1) is 28.7. The first-order valence-electron chi connectivity index (χ1n) is 19.8. The molecule has 1 heterocycles. The topological polar surface area (TPSA) is 16.4 Å². The van der Waals surface area contributed by atoms with Crippen LogP contribution in [-0.4, -0.2) is 0 Å². The second-order valence-corrected chi connectivity index (χ2v) is 15.0. The molecular formula is C56H37NO.